The van der Waals surface area contributed by atoms with Crippen LogP contribution in [0.25, 0.3) is 0 Å². The lowest BCUT2D eigenvalue weighted by Crippen LogP contribution is -3.03. The third-order valence-corrected chi connectivity index (χ3v) is 11.1. The van der Waals surface area contributed by atoms with Crippen molar-refractivity contribution in [3.8, 4) is 0 Å². The molecule has 3 saturated heterocycles. The van der Waals surface area contributed by atoms with Gasteiger partial charge in [-0.05, 0) is 33.6 Å². The van der Waals surface area contributed by atoms with E-state index in [2.05, 4.69) is 36.6 Å². The summed E-state index contributed by atoms with van der Waals surface area (Å²) >= 11 is 0. The minimum absolute atomic E-state index is 0.0298. The fourth-order valence-electron chi connectivity index (χ4n) is 6.23. The fourth-order valence-corrected chi connectivity index (χ4v) is 8.69. The maximum atomic E-state index is 12.9. The molecule has 3 fully saturated rings. The average molecular weight is 558 g/mol. The summed E-state index contributed by atoms with van der Waals surface area (Å²) in [4.78, 5) is 38.0. The lowest BCUT2D eigenvalue weighted by molar-refractivity contribution is -0.560. The Morgan fingerprint density at radius 1 is 1.08 bits per heavy atom. The largest absolute Gasteiger partial charge is 0.634 e. The number of rotatable bonds is 10. The van der Waals surface area contributed by atoms with Gasteiger partial charge in [-0.25, -0.2) is 4.79 Å². The molecule has 212 valence electrons. The molecule has 37 heavy (non-hydrogen) atoms. The summed E-state index contributed by atoms with van der Waals surface area (Å²) in [5, 5.41) is 8.02. The maximum Gasteiger partial charge on any atom is 0.408 e. The molecule has 0 unspecified atom stereocenters. The molecule has 2 bridgehead atoms. The van der Waals surface area contributed by atoms with Gasteiger partial charge in [-0.2, -0.15) is 0 Å². The number of hydrogen-bond acceptors (Lipinski definition) is 7. The fraction of sp³-hybridized carbons (Fsp3) is 0.885. The van der Waals surface area contributed by atoms with Gasteiger partial charge in [0.25, 0.3) is 0 Å². The molecule has 0 aromatic heterocycles. The second-order valence-corrected chi connectivity index (χ2v) is 16.2. The van der Waals surface area contributed by atoms with Crippen molar-refractivity contribution in [2.45, 2.75) is 133 Å². The zero-order valence-electron chi connectivity index (χ0n) is 23.6. The van der Waals surface area contributed by atoms with E-state index in [1.165, 1.54) is 38.5 Å². The number of carbonyl (C=O) groups excluding carboxylic acids is 3. The van der Waals surface area contributed by atoms with E-state index in [1.807, 2.05) is 0 Å². The minimum Gasteiger partial charge on any atom is -0.634 e. The summed E-state index contributed by atoms with van der Waals surface area (Å²) in [6, 6.07) is -0.787. The minimum atomic E-state index is -1.09. The van der Waals surface area contributed by atoms with E-state index in [0.717, 1.165) is 19.3 Å². The van der Waals surface area contributed by atoms with E-state index in [0.29, 0.717) is 23.9 Å². The van der Waals surface area contributed by atoms with Gasteiger partial charge in [0.05, 0.1) is 0 Å². The normalized spacial score (nSPS) is 28.5. The number of nitrogens with one attached hydrogen (secondary N) is 2. The standard InChI is InChI=1S/C26H48BN3O5S2/c1-25(2,3)34-24(33)29-21(17-36-37-26(4,5)6)22(31)28-16-8-7-15-20-23(32)35-27(30-20)18-11-9-12-19(27)14-10-13-18/h18-21H,7-17,30H2,1-6H3,(H,28,31)(H,29,33)/t18?,19?,20-,21-,27?/m0/s1. The van der Waals surface area contributed by atoms with E-state index in [1.54, 1.807) is 42.4 Å². The smallest absolute Gasteiger partial charge is 0.408 e. The van der Waals surface area contributed by atoms with Crippen LogP contribution in [0, 0.1) is 0 Å². The van der Waals surface area contributed by atoms with E-state index >= 15 is 0 Å². The van der Waals surface area contributed by atoms with Crippen molar-refractivity contribution in [3.63, 3.8) is 0 Å². The summed E-state index contributed by atoms with van der Waals surface area (Å²) in [6.45, 7) is 11.1. The van der Waals surface area contributed by atoms with Gasteiger partial charge >= 0.3 is 18.5 Å². The Kier molecular flexibility index (Phi) is 10.6. The highest BCUT2D eigenvalue weighted by molar-refractivity contribution is 8.77. The number of unbranched alkanes of at least 4 members (excludes halogenated alkanes) is 1. The van der Waals surface area contributed by atoms with Gasteiger partial charge in [0.2, 0.25) is 5.91 Å². The average Bonchev–Trinajstić information content (AvgIpc) is 3.06. The Morgan fingerprint density at radius 2 is 1.70 bits per heavy atom. The molecule has 2 amide bonds. The molecule has 2 atom stereocenters. The van der Waals surface area contributed by atoms with Gasteiger partial charge in [0.1, 0.15) is 17.7 Å². The Morgan fingerprint density at radius 3 is 2.27 bits per heavy atom. The maximum absolute atomic E-state index is 12.9. The predicted molar refractivity (Wildman–Crippen MR) is 153 cm³/mol. The van der Waals surface area contributed by atoms with Crippen molar-refractivity contribution in [2.24, 2.45) is 0 Å². The molecule has 8 nitrogen and oxygen atoms in total. The van der Waals surface area contributed by atoms with E-state index in [9.17, 15) is 14.4 Å². The van der Waals surface area contributed by atoms with Crippen LogP contribution in [0.1, 0.15) is 99.3 Å². The molecule has 0 saturated carbocycles. The van der Waals surface area contributed by atoms with Gasteiger partial charge in [-0.3, -0.25) is 9.59 Å². The summed E-state index contributed by atoms with van der Waals surface area (Å²) in [5.41, 5.74) is -0.632. The monoisotopic (exact) mass is 557 g/mol. The third-order valence-electron chi connectivity index (χ3n) is 7.72. The first-order chi connectivity index (χ1) is 17.3. The van der Waals surface area contributed by atoms with Crippen molar-refractivity contribution in [1.29, 1.82) is 0 Å². The summed E-state index contributed by atoms with van der Waals surface area (Å²) < 4.78 is 11.6. The predicted octanol–water partition coefficient (Wildman–Crippen LogP) is 4.39. The molecule has 3 rings (SSSR count). The molecule has 1 spiro atoms. The molecule has 11 heteroatoms. The van der Waals surface area contributed by atoms with Crippen LogP contribution in [-0.2, 0) is 19.0 Å². The molecule has 0 radical (unpaired) electrons. The number of ether oxygens (including phenoxy) is 1. The Balaban J connectivity index is 1.43. The van der Waals surface area contributed by atoms with E-state index < -0.39 is 24.2 Å². The van der Waals surface area contributed by atoms with Crippen LogP contribution in [-0.4, -0.2) is 59.2 Å². The van der Waals surface area contributed by atoms with Crippen LogP contribution in [0.4, 0.5) is 4.79 Å². The van der Waals surface area contributed by atoms with Gasteiger partial charge in [0, 0.05) is 23.5 Å². The van der Waals surface area contributed by atoms with Crippen LogP contribution in [0.5, 0.6) is 0 Å². The zero-order valence-corrected chi connectivity index (χ0v) is 25.2. The molecule has 3 aliphatic heterocycles. The number of alkyl carbamates (subject to hydrolysis) is 1. The number of amides is 2. The second-order valence-electron chi connectivity index (χ2n) is 13.1. The number of quaternary nitrogens is 1. The topological polar surface area (TPSA) is 110 Å². The molecular weight excluding hydrogens is 509 g/mol. The molecule has 3 aliphatic rings. The second kappa shape index (κ2) is 12.9. The quantitative estimate of drug-likeness (QED) is 0.208. The molecule has 0 aromatic rings. The molecule has 0 aliphatic carbocycles. The Labute approximate surface area is 231 Å². The van der Waals surface area contributed by atoms with Crippen LogP contribution < -0.4 is 15.9 Å². The number of hydrogen-bond donors (Lipinski definition) is 3. The van der Waals surface area contributed by atoms with Crippen LogP contribution in [0.3, 0.4) is 0 Å². The van der Waals surface area contributed by atoms with Crippen molar-refractivity contribution in [1.82, 2.24) is 10.6 Å². The lowest BCUT2D eigenvalue weighted by Gasteiger charge is -2.50. The van der Waals surface area contributed by atoms with Gasteiger partial charge in [-0.1, -0.05) is 92.5 Å². The molecule has 0 aromatic carbocycles. The Hall–Kier alpha value is -1.07. The number of carbonyl (C=O) groups is 3. The highest BCUT2D eigenvalue weighted by Crippen LogP contribution is 2.51. The van der Waals surface area contributed by atoms with Gasteiger partial charge < -0.3 is 25.3 Å². The van der Waals surface area contributed by atoms with Crippen molar-refractivity contribution < 1.29 is 29.0 Å². The van der Waals surface area contributed by atoms with Crippen molar-refractivity contribution in [3.05, 3.63) is 0 Å². The van der Waals surface area contributed by atoms with Crippen LogP contribution in [0.2, 0.25) is 11.6 Å². The lowest BCUT2D eigenvalue weighted by atomic mass is 9.28. The van der Waals surface area contributed by atoms with E-state index in [4.69, 9.17) is 9.39 Å². The molecule has 4 N–H and O–H groups in total. The van der Waals surface area contributed by atoms with Gasteiger partial charge in [-0.15, -0.1) is 0 Å². The highest BCUT2D eigenvalue weighted by atomic mass is 33.1. The van der Waals surface area contributed by atoms with Crippen LogP contribution >= 0.6 is 21.6 Å². The summed E-state index contributed by atoms with van der Waals surface area (Å²) in [7, 11) is 3.25. The Bertz CT molecular complexity index is 795. The molecule has 3 heterocycles. The highest BCUT2D eigenvalue weighted by Gasteiger charge is 2.59. The molecular formula is C26H48BN3O5S2. The summed E-state index contributed by atoms with van der Waals surface area (Å²) in [6.07, 6.45) is 9.14. The van der Waals surface area contributed by atoms with Crippen molar-refractivity contribution >= 4 is 46.0 Å². The van der Waals surface area contributed by atoms with Gasteiger partial charge in [0.15, 0.2) is 0 Å². The first kappa shape index (κ1) is 30.5. The summed E-state index contributed by atoms with van der Waals surface area (Å²) in [5.74, 6) is 1.33. The zero-order chi connectivity index (χ0) is 27.3. The first-order valence-corrected chi connectivity index (χ1v) is 16.4. The SMILES string of the molecule is CC(C)(C)OC(=O)N[C@@H](CSSC(C)(C)C)C(=O)NCCCC[C@@H]1[NH2+][B-]2(OC1=O)C1CCCC2CCC1. The first-order valence-electron chi connectivity index (χ1n) is 14.1. The number of nitrogens with two attached hydrogens (primary N) is 1. The van der Waals surface area contributed by atoms with E-state index in [-0.39, 0.29) is 22.7 Å². The third kappa shape index (κ3) is 8.99. The van der Waals surface area contributed by atoms with Crippen LogP contribution in [0.15, 0.2) is 0 Å². The van der Waals surface area contributed by atoms with Crippen molar-refractivity contribution in [2.75, 3.05) is 12.3 Å².